The molecule has 0 aromatic heterocycles. The van der Waals surface area contributed by atoms with Crippen LogP contribution in [-0.4, -0.2) is 56.6 Å². The first-order valence-electron chi connectivity index (χ1n) is 5.54. The van der Waals surface area contributed by atoms with E-state index >= 15 is 0 Å². The molecule has 0 saturated heterocycles. The van der Waals surface area contributed by atoms with Crippen molar-refractivity contribution in [3.63, 3.8) is 0 Å². The number of hydrogen-bond donors (Lipinski definition) is 0. The van der Waals surface area contributed by atoms with E-state index in [4.69, 9.17) is 9.05 Å². The summed E-state index contributed by atoms with van der Waals surface area (Å²) in [4.78, 5) is 0. The number of nitrogens with zero attached hydrogens (tertiary/aromatic N) is 2. The van der Waals surface area contributed by atoms with Gasteiger partial charge in [0.1, 0.15) is 5.90 Å². The molecule has 0 rings (SSSR count). The van der Waals surface area contributed by atoms with Crippen LogP contribution in [0.3, 0.4) is 0 Å². The summed E-state index contributed by atoms with van der Waals surface area (Å²) in [7, 11) is 0.604. The lowest BCUT2D eigenvalue weighted by Crippen LogP contribution is -2.23. The molecule has 0 aliphatic heterocycles. The number of rotatable bonds is 8. The van der Waals surface area contributed by atoms with Crippen molar-refractivity contribution in [2.75, 3.05) is 47.3 Å². The summed E-state index contributed by atoms with van der Waals surface area (Å²) in [5, 5.41) is 0. The first kappa shape index (κ1) is 17.3. The highest BCUT2D eigenvalue weighted by Gasteiger charge is 2.39. The molecule has 0 spiro atoms. The molecule has 0 N–H and O–H groups in total. The highest BCUT2D eigenvalue weighted by atomic mass is 31.2. The second-order valence-electron chi connectivity index (χ2n) is 3.95. The van der Waals surface area contributed by atoms with Crippen LogP contribution in [0.25, 0.3) is 0 Å². The maximum absolute atomic E-state index is 12.7. The van der Waals surface area contributed by atoms with Gasteiger partial charge in [-0.3, -0.25) is 9.13 Å². The second-order valence-corrected chi connectivity index (χ2v) is 9.75. The summed E-state index contributed by atoms with van der Waals surface area (Å²) in [6, 6.07) is 0. The van der Waals surface area contributed by atoms with Crippen LogP contribution >= 0.6 is 15.0 Å². The van der Waals surface area contributed by atoms with Gasteiger partial charge in [-0.25, -0.2) is 9.34 Å². The average Bonchev–Trinajstić information content (AvgIpc) is 2.17. The number of hydrogen-bond acceptors (Lipinski definition) is 4. The zero-order valence-electron chi connectivity index (χ0n) is 11.5. The first-order valence-corrected chi connectivity index (χ1v) is 9.07. The largest absolute Gasteiger partial charge is 0.340 e. The van der Waals surface area contributed by atoms with E-state index in [1.165, 1.54) is 0 Å². The van der Waals surface area contributed by atoms with Crippen molar-refractivity contribution in [1.29, 1.82) is 0 Å². The topological polar surface area (TPSA) is 59.1 Å². The van der Waals surface area contributed by atoms with Crippen molar-refractivity contribution in [2.45, 2.75) is 13.8 Å². The van der Waals surface area contributed by atoms with E-state index in [0.29, 0.717) is 0 Å². The van der Waals surface area contributed by atoms with E-state index in [1.807, 2.05) is 0 Å². The Hall–Kier alpha value is 0.300. The molecule has 0 aliphatic carbocycles. The van der Waals surface area contributed by atoms with Crippen molar-refractivity contribution in [2.24, 2.45) is 0 Å². The SMILES string of the molecule is CCOP(=O)(CP(=O)(N(C)C)N(C)C)OCC. The molecule has 0 unspecified atom stereocenters. The Balaban J connectivity index is 5.07. The zero-order valence-corrected chi connectivity index (χ0v) is 13.3. The van der Waals surface area contributed by atoms with Gasteiger partial charge in [0.05, 0.1) is 13.2 Å². The second kappa shape index (κ2) is 7.03. The van der Waals surface area contributed by atoms with E-state index in [2.05, 4.69) is 0 Å². The minimum absolute atomic E-state index is 0.0956. The molecule has 0 amide bonds. The first-order chi connectivity index (χ1) is 7.72. The lowest BCUT2D eigenvalue weighted by Gasteiger charge is -2.32. The van der Waals surface area contributed by atoms with E-state index < -0.39 is 15.0 Å². The van der Waals surface area contributed by atoms with Gasteiger partial charge in [0.15, 0.2) is 0 Å². The van der Waals surface area contributed by atoms with Crippen molar-refractivity contribution in [1.82, 2.24) is 9.34 Å². The van der Waals surface area contributed by atoms with Crippen LogP contribution in [0.5, 0.6) is 0 Å². The zero-order chi connectivity index (χ0) is 13.7. The van der Waals surface area contributed by atoms with Gasteiger partial charge in [-0.15, -0.1) is 0 Å². The molecule has 0 bridgehead atoms. The Bertz CT molecular complexity index is 298. The normalized spacial score (nSPS) is 13.6. The van der Waals surface area contributed by atoms with Crippen LogP contribution in [0.1, 0.15) is 13.8 Å². The Morgan fingerprint density at radius 1 is 0.882 bits per heavy atom. The van der Waals surface area contributed by atoms with Gasteiger partial charge in [-0.1, -0.05) is 0 Å². The van der Waals surface area contributed by atoms with Gasteiger partial charge in [0.25, 0.3) is 0 Å². The van der Waals surface area contributed by atoms with Crippen molar-refractivity contribution in [3.05, 3.63) is 0 Å². The molecule has 0 heterocycles. The third-order valence-corrected chi connectivity index (χ3v) is 8.92. The van der Waals surface area contributed by atoms with Crippen LogP contribution in [0, 0.1) is 0 Å². The van der Waals surface area contributed by atoms with Crippen molar-refractivity contribution < 1.29 is 18.2 Å². The summed E-state index contributed by atoms with van der Waals surface area (Å²) in [5.74, 6) is -0.0956. The van der Waals surface area contributed by atoms with Crippen LogP contribution in [0.2, 0.25) is 0 Å². The van der Waals surface area contributed by atoms with E-state index in [0.717, 1.165) is 0 Å². The quantitative estimate of drug-likeness (QED) is 0.639. The van der Waals surface area contributed by atoms with E-state index in [9.17, 15) is 9.13 Å². The van der Waals surface area contributed by atoms with Gasteiger partial charge < -0.3 is 9.05 Å². The van der Waals surface area contributed by atoms with Crippen LogP contribution in [-0.2, 0) is 18.2 Å². The van der Waals surface area contributed by atoms with Gasteiger partial charge in [0, 0.05) is 0 Å². The molecule has 0 radical (unpaired) electrons. The summed E-state index contributed by atoms with van der Waals surface area (Å²) < 4.78 is 38.6. The fourth-order valence-electron chi connectivity index (χ4n) is 1.35. The van der Waals surface area contributed by atoms with E-state index in [-0.39, 0.29) is 19.1 Å². The molecule has 8 heteroatoms. The Kier molecular flexibility index (Phi) is 7.15. The van der Waals surface area contributed by atoms with Crippen LogP contribution in [0.4, 0.5) is 0 Å². The Labute approximate surface area is 104 Å². The predicted octanol–water partition coefficient (Wildman–Crippen LogP) is 2.53. The summed E-state index contributed by atoms with van der Waals surface area (Å²) >= 11 is 0. The smallest absolute Gasteiger partial charge is 0.308 e. The molecular weight excluding hydrogens is 262 g/mol. The molecule has 0 fully saturated rings. The minimum atomic E-state index is -3.30. The van der Waals surface area contributed by atoms with Crippen LogP contribution in [0.15, 0.2) is 0 Å². The highest BCUT2D eigenvalue weighted by Crippen LogP contribution is 2.64. The molecule has 17 heavy (non-hydrogen) atoms. The summed E-state index contributed by atoms with van der Waals surface area (Å²) in [5.41, 5.74) is 0. The molecule has 104 valence electrons. The van der Waals surface area contributed by atoms with Gasteiger partial charge in [-0.05, 0) is 42.0 Å². The Morgan fingerprint density at radius 3 is 1.47 bits per heavy atom. The average molecular weight is 286 g/mol. The molecule has 0 saturated carbocycles. The van der Waals surface area contributed by atoms with Crippen LogP contribution < -0.4 is 0 Å². The third-order valence-electron chi connectivity index (χ3n) is 2.26. The predicted molar refractivity (Wildman–Crippen MR) is 70.7 cm³/mol. The lowest BCUT2D eigenvalue weighted by atomic mass is 10.9. The molecule has 0 atom stereocenters. The maximum atomic E-state index is 12.7. The van der Waals surface area contributed by atoms with E-state index in [1.54, 1.807) is 51.4 Å². The molecule has 6 nitrogen and oxygen atoms in total. The summed E-state index contributed by atoms with van der Waals surface area (Å²) in [6.07, 6.45) is 0. The molecular formula is C9H24N2O4P2. The van der Waals surface area contributed by atoms with Crippen molar-refractivity contribution in [3.8, 4) is 0 Å². The fourth-order valence-corrected chi connectivity index (χ4v) is 7.41. The van der Waals surface area contributed by atoms with Crippen molar-refractivity contribution >= 4 is 15.0 Å². The van der Waals surface area contributed by atoms with Gasteiger partial charge in [0.2, 0.25) is 7.44 Å². The summed E-state index contributed by atoms with van der Waals surface area (Å²) in [6.45, 7) is 4.03. The fraction of sp³-hybridized carbons (Fsp3) is 1.00. The maximum Gasteiger partial charge on any atom is 0.340 e. The highest BCUT2D eigenvalue weighted by molar-refractivity contribution is 7.73. The Morgan fingerprint density at radius 2 is 1.24 bits per heavy atom. The lowest BCUT2D eigenvalue weighted by molar-refractivity contribution is 0.223. The van der Waals surface area contributed by atoms with Gasteiger partial charge >= 0.3 is 7.60 Å². The van der Waals surface area contributed by atoms with Gasteiger partial charge in [-0.2, -0.15) is 0 Å². The molecule has 0 aromatic rings. The third kappa shape index (κ3) is 4.82. The monoisotopic (exact) mass is 286 g/mol. The minimum Gasteiger partial charge on any atom is -0.308 e. The standard InChI is InChI=1S/C9H24N2O4P2/c1-7-14-17(13,15-8-2)9-16(12,10(3)4)11(5)6/h7-9H2,1-6H3. The molecule has 0 aliphatic rings. The molecule has 0 aromatic carbocycles.